The molecule has 0 N–H and O–H groups in total. The monoisotopic (exact) mass is 381 g/mol. The molecule has 134 valence electrons. The van der Waals surface area contributed by atoms with Crippen molar-refractivity contribution in [2.45, 2.75) is 25.7 Å². The SMILES string of the molecule is CCOC(=O)CN(c1ccc(C)cc1C)S(=O)(=O)c1ccc(Cl)cc1. The molecule has 0 aliphatic carbocycles. The standard InChI is InChI=1S/C18H20ClNO4S/c1-4-24-18(21)12-20(17-10-5-13(2)11-14(17)3)25(22,23)16-8-6-15(19)7-9-16/h5-11H,4,12H2,1-3H3. The fourth-order valence-electron chi connectivity index (χ4n) is 2.44. The second-order valence-corrected chi connectivity index (χ2v) is 7.86. The highest BCUT2D eigenvalue weighted by Gasteiger charge is 2.28. The number of anilines is 1. The fourth-order valence-corrected chi connectivity index (χ4v) is 4.04. The Morgan fingerprint density at radius 3 is 2.32 bits per heavy atom. The Balaban J connectivity index is 2.53. The molecule has 5 nitrogen and oxygen atoms in total. The van der Waals surface area contributed by atoms with Crippen LogP contribution in [0.1, 0.15) is 18.1 Å². The topological polar surface area (TPSA) is 63.7 Å². The molecule has 0 aliphatic rings. The van der Waals surface area contributed by atoms with Crippen LogP contribution in [0.3, 0.4) is 0 Å². The predicted molar refractivity (Wildman–Crippen MR) is 98.5 cm³/mol. The van der Waals surface area contributed by atoms with Crippen molar-refractivity contribution in [2.75, 3.05) is 17.5 Å². The van der Waals surface area contributed by atoms with Gasteiger partial charge in [0.25, 0.3) is 10.0 Å². The maximum Gasteiger partial charge on any atom is 0.326 e. The first-order chi connectivity index (χ1) is 11.8. The first kappa shape index (κ1) is 19.3. The predicted octanol–water partition coefficient (Wildman–Crippen LogP) is 3.72. The van der Waals surface area contributed by atoms with E-state index < -0.39 is 22.5 Å². The number of ether oxygens (including phenoxy) is 1. The van der Waals surface area contributed by atoms with Crippen molar-refractivity contribution in [2.24, 2.45) is 0 Å². The Morgan fingerprint density at radius 1 is 1.12 bits per heavy atom. The van der Waals surface area contributed by atoms with E-state index in [2.05, 4.69) is 0 Å². The number of esters is 1. The molecule has 0 spiro atoms. The number of benzene rings is 2. The Hall–Kier alpha value is -2.05. The summed E-state index contributed by atoms with van der Waals surface area (Å²) >= 11 is 5.84. The Morgan fingerprint density at radius 2 is 1.76 bits per heavy atom. The Labute approximate surface area is 153 Å². The molecule has 2 rings (SSSR count). The summed E-state index contributed by atoms with van der Waals surface area (Å²) in [5, 5.41) is 0.433. The van der Waals surface area contributed by atoms with Crippen molar-refractivity contribution in [3.63, 3.8) is 0 Å². The van der Waals surface area contributed by atoms with Crippen molar-refractivity contribution < 1.29 is 17.9 Å². The molecule has 25 heavy (non-hydrogen) atoms. The minimum atomic E-state index is -3.95. The van der Waals surface area contributed by atoms with Gasteiger partial charge in [0.1, 0.15) is 6.54 Å². The second kappa shape index (κ2) is 7.89. The molecule has 0 radical (unpaired) electrons. The average molecular weight is 382 g/mol. The summed E-state index contributed by atoms with van der Waals surface area (Å²) in [4.78, 5) is 12.0. The van der Waals surface area contributed by atoms with Crippen LogP contribution >= 0.6 is 11.6 Å². The number of hydrogen-bond acceptors (Lipinski definition) is 4. The van der Waals surface area contributed by atoms with Crippen LogP contribution in [0.2, 0.25) is 5.02 Å². The summed E-state index contributed by atoms with van der Waals surface area (Å²) in [6, 6.07) is 11.2. The van der Waals surface area contributed by atoms with Gasteiger partial charge in [0.2, 0.25) is 0 Å². The van der Waals surface area contributed by atoms with Gasteiger partial charge in [-0.1, -0.05) is 29.3 Å². The number of sulfonamides is 1. The molecule has 0 saturated heterocycles. The summed E-state index contributed by atoms with van der Waals surface area (Å²) < 4.78 is 32.2. The van der Waals surface area contributed by atoms with Crippen LogP contribution in [0.4, 0.5) is 5.69 Å². The Bertz CT molecular complexity index is 863. The number of hydrogen-bond donors (Lipinski definition) is 0. The molecule has 0 atom stereocenters. The van der Waals surface area contributed by atoms with Crippen LogP contribution in [0.25, 0.3) is 0 Å². The van der Waals surface area contributed by atoms with E-state index in [1.807, 2.05) is 13.0 Å². The fraction of sp³-hybridized carbons (Fsp3) is 0.278. The molecule has 0 aliphatic heterocycles. The van der Waals surface area contributed by atoms with Gasteiger partial charge in [-0.15, -0.1) is 0 Å². The number of carbonyl (C=O) groups is 1. The van der Waals surface area contributed by atoms with Gasteiger partial charge >= 0.3 is 5.97 Å². The van der Waals surface area contributed by atoms with Crippen molar-refractivity contribution in [3.05, 3.63) is 58.6 Å². The maximum absolute atomic E-state index is 13.1. The highest BCUT2D eigenvalue weighted by Crippen LogP contribution is 2.28. The Kier molecular flexibility index (Phi) is 6.08. The van der Waals surface area contributed by atoms with Crippen molar-refractivity contribution >= 4 is 33.3 Å². The molecule has 0 bridgehead atoms. The molecular weight excluding hydrogens is 362 g/mol. The number of carbonyl (C=O) groups excluding carboxylic acids is 1. The molecule has 0 aromatic heterocycles. The van der Waals surface area contributed by atoms with E-state index in [1.165, 1.54) is 24.3 Å². The van der Waals surface area contributed by atoms with Gasteiger partial charge in [-0.3, -0.25) is 9.10 Å². The van der Waals surface area contributed by atoms with Crippen molar-refractivity contribution in [1.82, 2.24) is 0 Å². The van der Waals surface area contributed by atoms with E-state index in [1.54, 1.807) is 26.0 Å². The third-order valence-corrected chi connectivity index (χ3v) is 5.63. The molecular formula is C18H20ClNO4S. The van der Waals surface area contributed by atoms with Crippen molar-refractivity contribution in [1.29, 1.82) is 0 Å². The van der Waals surface area contributed by atoms with Gasteiger partial charge in [0.05, 0.1) is 17.2 Å². The van der Waals surface area contributed by atoms with Crippen LogP contribution in [0.5, 0.6) is 0 Å². The summed E-state index contributed by atoms with van der Waals surface area (Å²) in [5.74, 6) is -0.611. The number of rotatable bonds is 6. The molecule has 0 amide bonds. The first-order valence-corrected chi connectivity index (χ1v) is 9.58. The number of aryl methyl sites for hydroxylation is 2. The van der Waals surface area contributed by atoms with E-state index >= 15 is 0 Å². The minimum Gasteiger partial charge on any atom is -0.465 e. The average Bonchev–Trinajstić information content (AvgIpc) is 2.54. The van der Waals surface area contributed by atoms with Crippen LogP contribution in [-0.2, 0) is 19.6 Å². The highest BCUT2D eigenvalue weighted by molar-refractivity contribution is 7.92. The van der Waals surface area contributed by atoms with E-state index in [0.717, 1.165) is 15.4 Å². The van der Waals surface area contributed by atoms with E-state index in [-0.39, 0.29) is 11.5 Å². The van der Waals surface area contributed by atoms with E-state index in [9.17, 15) is 13.2 Å². The minimum absolute atomic E-state index is 0.0566. The summed E-state index contributed by atoms with van der Waals surface area (Å²) in [7, 11) is -3.95. The van der Waals surface area contributed by atoms with Gasteiger partial charge in [-0.2, -0.15) is 0 Å². The molecule has 2 aromatic rings. The lowest BCUT2D eigenvalue weighted by molar-refractivity contribution is -0.141. The third kappa shape index (κ3) is 4.52. The van der Waals surface area contributed by atoms with Gasteiger partial charge in [0, 0.05) is 5.02 Å². The largest absolute Gasteiger partial charge is 0.465 e. The quantitative estimate of drug-likeness (QED) is 0.715. The smallest absolute Gasteiger partial charge is 0.326 e. The third-order valence-electron chi connectivity index (χ3n) is 3.60. The molecule has 2 aromatic carbocycles. The summed E-state index contributed by atoms with van der Waals surface area (Å²) in [6.45, 7) is 5.17. The van der Waals surface area contributed by atoms with Crippen LogP contribution in [0.15, 0.2) is 47.4 Å². The van der Waals surface area contributed by atoms with Crippen molar-refractivity contribution in [3.8, 4) is 0 Å². The number of nitrogens with zero attached hydrogens (tertiary/aromatic N) is 1. The van der Waals surface area contributed by atoms with Gasteiger partial charge in [0.15, 0.2) is 0 Å². The van der Waals surface area contributed by atoms with Gasteiger partial charge in [-0.05, 0) is 56.7 Å². The summed E-state index contributed by atoms with van der Waals surface area (Å²) in [6.07, 6.45) is 0. The highest BCUT2D eigenvalue weighted by atomic mass is 35.5. The van der Waals surface area contributed by atoms with Crippen LogP contribution in [-0.4, -0.2) is 27.5 Å². The van der Waals surface area contributed by atoms with Crippen LogP contribution in [0, 0.1) is 13.8 Å². The molecule has 7 heteroatoms. The lowest BCUT2D eigenvalue weighted by atomic mass is 10.1. The lowest BCUT2D eigenvalue weighted by Crippen LogP contribution is -2.37. The zero-order valence-electron chi connectivity index (χ0n) is 14.3. The maximum atomic E-state index is 13.1. The van der Waals surface area contributed by atoms with Gasteiger partial charge < -0.3 is 4.74 Å². The number of halogens is 1. The molecule has 0 unspecified atom stereocenters. The molecule has 0 saturated carbocycles. The van der Waals surface area contributed by atoms with E-state index in [4.69, 9.17) is 16.3 Å². The lowest BCUT2D eigenvalue weighted by Gasteiger charge is -2.25. The first-order valence-electron chi connectivity index (χ1n) is 7.77. The molecule has 0 fully saturated rings. The van der Waals surface area contributed by atoms with Crippen LogP contribution < -0.4 is 4.31 Å². The normalized spacial score (nSPS) is 11.2. The van der Waals surface area contributed by atoms with E-state index in [0.29, 0.717) is 10.7 Å². The second-order valence-electron chi connectivity index (χ2n) is 5.56. The molecule has 0 heterocycles. The zero-order valence-corrected chi connectivity index (χ0v) is 15.9. The summed E-state index contributed by atoms with van der Waals surface area (Å²) in [5.41, 5.74) is 2.19. The zero-order chi connectivity index (χ0) is 18.6. The van der Waals surface area contributed by atoms with Gasteiger partial charge in [-0.25, -0.2) is 8.42 Å².